The number of carboxylic acid groups (broad SMARTS) is 1. The third-order valence-corrected chi connectivity index (χ3v) is 3.53. The normalized spacial score (nSPS) is 15.1. The zero-order valence-corrected chi connectivity index (χ0v) is 11.9. The Kier molecular flexibility index (Phi) is 4.80. The molecule has 0 bridgehead atoms. The number of amides is 2. The number of hydrogen-bond donors (Lipinski definition) is 3. The van der Waals surface area contributed by atoms with Crippen molar-refractivity contribution in [1.82, 2.24) is 10.6 Å². The zero-order valence-electron chi connectivity index (χ0n) is 11.1. The second kappa shape index (κ2) is 6.58. The first-order chi connectivity index (χ1) is 9.99. The molecule has 2 rings (SSSR count). The first kappa shape index (κ1) is 15.3. The Morgan fingerprint density at radius 1 is 1.29 bits per heavy atom. The number of halogens is 1. The highest BCUT2D eigenvalue weighted by Gasteiger charge is 2.37. The van der Waals surface area contributed by atoms with Gasteiger partial charge in [-0.3, -0.25) is 9.59 Å². The van der Waals surface area contributed by atoms with Crippen LogP contribution in [0.4, 0.5) is 0 Å². The summed E-state index contributed by atoms with van der Waals surface area (Å²) in [5.41, 5.74) is 0.268. The van der Waals surface area contributed by atoms with Gasteiger partial charge in [0.05, 0.1) is 17.1 Å². The van der Waals surface area contributed by atoms with Crippen molar-refractivity contribution in [3.63, 3.8) is 0 Å². The van der Waals surface area contributed by atoms with Gasteiger partial charge in [0.15, 0.2) is 0 Å². The largest absolute Gasteiger partial charge is 0.480 e. The molecule has 112 valence electrons. The third kappa shape index (κ3) is 4.19. The fraction of sp³-hybridized carbons (Fsp3) is 0.357. The smallest absolute Gasteiger partial charge is 0.326 e. The number of carboxylic acids is 1. The van der Waals surface area contributed by atoms with Gasteiger partial charge in [-0.25, -0.2) is 4.79 Å². The lowest BCUT2D eigenvalue weighted by molar-refractivity contribution is -0.142. The highest BCUT2D eigenvalue weighted by Crippen LogP contribution is 2.32. The Labute approximate surface area is 126 Å². The van der Waals surface area contributed by atoms with Crippen molar-refractivity contribution in [2.24, 2.45) is 5.92 Å². The molecule has 1 saturated carbocycles. The van der Waals surface area contributed by atoms with Crippen LogP contribution in [0.15, 0.2) is 24.3 Å². The molecule has 1 aliphatic carbocycles. The predicted molar refractivity (Wildman–Crippen MR) is 76.1 cm³/mol. The molecule has 0 aliphatic heterocycles. The standard InChI is InChI=1S/C14H15ClN2O4/c15-10-4-2-1-3-9(10)13(19)16-7-11(18)17-12(14(20)21)8-5-6-8/h1-4,8,12H,5-7H2,(H,16,19)(H,17,18)(H,20,21). The van der Waals surface area contributed by atoms with E-state index in [9.17, 15) is 14.4 Å². The van der Waals surface area contributed by atoms with Gasteiger partial charge in [-0.1, -0.05) is 23.7 Å². The Morgan fingerprint density at radius 3 is 2.52 bits per heavy atom. The summed E-state index contributed by atoms with van der Waals surface area (Å²) in [6.07, 6.45) is 1.59. The van der Waals surface area contributed by atoms with E-state index in [2.05, 4.69) is 10.6 Å². The van der Waals surface area contributed by atoms with Gasteiger partial charge in [-0.05, 0) is 30.9 Å². The minimum absolute atomic E-state index is 0.00859. The minimum atomic E-state index is -1.05. The monoisotopic (exact) mass is 310 g/mol. The third-order valence-electron chi connectivity index (χ3n) is 3.20. The van der Waals surface area contributed by atoms with E-state index in [0.717, 1.165) is 12.8 Å². The van der Waals surface area contributed by atoms with Crippen LogP contribution in [0.25, 0.3) is 0 Å². The lowest BCUT2D eigenvalue weighted by Gasteiger charge is -2.14. The van der Waals surface area contributed by atoms with Gasteiger partial charge in [-0.15, -0.1) is 0 Å². The summed E-state index contributed by atoms with van der Waals surface area (Å²) in [5, 5.41) is 14.1. The maximum absolute atomic E-state index is 11.8. The van der Waals surface area contributed by atoms with Crippen LogP contribution >= 0.6 is 11.6 Å². The van der Waals surface area contributed by atoms with Crippen LogP contribution in [0.5, 0.6) is 0 Å². The molecule has 6 nitrogen and oxygen atoms in total. The lowest BCUT2D eigenvalue weighted by Crippen LogP contribution is -2.46. The maximum atomic E-state index is 11.8. The number of hydrogen-bond acceptors (Lipinski definition) is 3. The van der Waals surface area contributed by atoms with Gasteiger partial charge >= 0.3 is 5.97 Å². The van der Waals surface area contributed by atoms with Gasteiger partial charge in [0.1, 0.15) is 6.04 Å². The molecule has 0 saturated heterocycles. The highest BCUT2D eigenvalue weighted by molar-refractivity contribution is 6.33. The second-order valence-electron chi connectivity index (χ2n) is 4.88. The van der Waals surface area contributed by atoms with Gasteiger partial charge in [0.25, 0.3) is 5.91 Å². The van der Waals surface area contributed by atoms with Crippen LogP contribution in [-0.2, 0) is 9.59 Å². The molecule has 1 fully saturated rings. The molecule has 1 aromatic rings. The number of carbonyl (C=O) groups excluding carboxylic acids is 2. The van der Waals surface area contributed by atoms with Gasteiger partial charge in [0.2, 0.25) is 5.91 Å². The van der Waals surface area contributed by atoms with E-state index in [-0.39, 0.29) is 23.0 Å². The summed E-state index contributed by atoms with van der Waals surface area (Å²) in [6, 6.07) is 5.59. The van der Waals surface area contributed by atoms with Crippen LogP contribution in [0.2, 0.25) is 5.02 Å². The Hall–Kier alpha value is -2.08. The van der Waals surface area contributed by atoms with Crippen LogP contribution in [0.1, 0.15) is 23.2 Å². The average Bonchev–Trinajstić information content (AvgIpc) is 3.26. The van der Waals surface area contributed by atoms with Crippen LogP contribution < -0.4 is 10.6 Å². The van der Waals surface area contributed by atoms with Crippen molar-refractivity contribution in [2.45, 2.75) is 18.9 Å². The highest BCUT2D eigenvalue weighted by atomic mass is 35.5. The molecule has 0 heterocycles. The quantitative estimate of drug-likeness (QED) is 0.732. The van der Waals surface area contributed by atoms with Crippen molar-refractivity contribution in [3.8, 4) is 0 Å². The number of benzene rings is 1. The fourth-order valence-electron chi connectivity index (χ4n) is 1.94. The van der Waals surface area contributed by atoms with Crippen molar-refractivity contribution in [2.75, 3.05) is 6.54 Å². The summed E-state index contributed by atoms with van der Waals surface area (Å²) < 4.78 is 0. The van der Waals surface area contributed by atoms with Crippen LogP contribution in [0.3, 0.4) is 0 Å². The zero-order chi connectivity index (χ0) is 15.4. The van der Waals surface area contributed by atoms with Crippen molar-refractivity contribution in [3.05, 3.63) is 34.9 Å². The molecule has 0 radical (unpaired) electrons. The molecule has 2 amide bonds. The van der Waals surface area contributed by atoms with Crippen LogP contribution in [0, 0.1) is 5.92 Å². The van der Waals surface area contributed by atoms with E-state index in [1.165, 1.54) is 0 Å². The molecule has 1 unspecified atom stereocenters. The molecule has 1 aromatic carbocycles. The summed E-state index contributed by atoms with van der Waals surface area (Å²) in [6.45, 7) is -0.291. The molecular weight excluding hydrogens is 296 g/mol. The van der Waals surface area contributed by atoms with E-state index in [0.29, 0.717) is 0 Å². The molecule has 0 aromatic heterocycles. The van der Waals surface area contributed by atoms with E-state index >= 15 is 0 Å². The number of rotatable bonds is 6. The topological polar surface area (TPSA) is 95.5 Å². The Morgan fingerprint density at radius 2 is 1.95 bits per heavy atom. The van der Waals surface area contributed by atoms with Crippen molar-refractivity contribution < 1.29 is 19.5 Å². The minimum Gasteiger partial charge on any atom is -0.480 e. The van der Waals surface area contributed by atoms with E-state index in [4.69, 9.17) is 16.7 Å². The molecule has 21 heavy (non-hydrogen) atoms. The predicted octanol–water partition coefficient (Wildman–Crippen LogP) is 1.05. The second-order valence-corrected chi connectivity index (χ2v) is 5.29. The number of carbonyl (C=O) groups is 3. The Balaban J connectivity index is 1.85. The van der Waals surface area contributed by atoms with Gasteiger partial charge in [0, 0.05) is 0 Å². The van der Waals surface area contributed by atoms with Crippen molar-refractivity contribution in [1.29, 1.82) is 0 Å². The van der Waals surface area contributed by atoms with Crippen molar-refractivity contribution >= 4 is 29.4 Å². The fourth-order valence-corrected chi connectivity index (χ4v) is 2.16. The number of nitrogens with one attached hydrogen (secondary N) is 2. The average molecular weight is 311 g/mol. The lowest BCUT2D eigenvalue weighted by atomic mass is 10.2. The molecule has 1 atom stereocenters. The maximum Gasteiger partial charge on any atom is 0.326 e. The van der Waals surface area contributed by atoms with Crippen LogP contribution in [-0.4, -0.2) is 35.5 Å². The first-order valence-corrected chi connectivity index (χ1v) is 6.91. The molecule has 0 spiro atoms. The van der Waals surface area contributed by atoms with E-state index in [1.807, 2.05) is 0 Å². The van der Waals surface area contributed by atoms with E-state index < -0.39 is 23.8 Å². The van der Waals surface area contributed by atoms with E-state index in [1.54, 1.807) is 24.3 Å². The molecule has 1 aliphatic rings. The summed E-state index contributed by atoms with van der Waals surface area (Å²) >= 11 is 5.87. The molecule has 7 heteroatoms. The molecular formula is C14H15ClN2O4. The number of aliphatic carboxylic acids is 1. The van der Waals surface area contributed by atoms with Gasteiger partial charge < -0.3 is 15.7 Å². The summed E-state index contributed by atoms with van der Waals surface area (Å²) in [4.78, 5) is 34.5. The van der Waals surface area contributed by atoms with Gasteiger partial charge in [-0.2, -0.15) is 0 Å². The SMILES string of the molecule is O=C(CNC(=O)c1ccccc1Cl)NC(C(=O)O)C1CC1. The summed E-state index contributed by atoms with van der Waals surface area (Å²) in [5.74, 6) is -2.07. The summed E-state index contributed by atoms with van der Waals surface area (Å²) in [7, 11) is 0. The molecule has 3 N–H and O–H groups in total. The Bertz CT molecular complexity index is 572. The first-order valence-electron chi connectivity index (χ1n) is 6.54.